The predicted octanol–water partition coefficient (Wildman–Crippen LogP) is 2.79. The van der Waals surface area contributed by atoms with Crippen molar-refractivity contribution in [2.45, 2.75) is 0 Å². The smallest absolute Gasteiger partial charge is 0.239 e. The molecule has 1 aromatic carbocycles. The van der Waals surface area contributed by atoms with Crippen molar-refractivity contribution in [2.24, 2.45) is 0 Å². The normalized spacial score (nSPS) is 9.50. The van der Waals surface area contributed by atoms with Crippen LogP contribution in [-0.4, -0.2) is 10.2 Å². The predicted molar refractivity (Wildman–Crippen MR) is 58.3 cm³/mol. The molecule has 0 aliphatic rings. The summed E-state index contributed by atoms with van der Waals surface area (Å²) in [6.45, 7) is 0. The second-order valence-electron chi connectivity index (χ2n) is 2.90. The van der Waals surface area contributed by atoms with Gasteiger partial charge in [-0.3, -0.25) is 0 Å². The van der Waals surface area contributed by atoms with Crippen LogP contribution in [0.2, 0.25) is 5.15 Å². The lowest BCUT2D eigenvalue weighted by Gasteiger charge is -2.04. The van der Waals surface area contributed by atoms with E-state index in [2.05, 4.69) is 10.2 Å². The van der Waals surface area contributed by atoms with E-state index >= 15 is 0 Å². The summed E-state index contributed by atoms with van der Waals surface area (Å²) in [6, 6.07) is 12.1. The van der Waals surface area contributed by atoms with Gasteiger partial charge in [-0.05, 0) is 18.2 Å². The van der Waals surface area contributed by atoms with Crippen LogP contribution in [0, 0.1) is 11.3 Å². The number of ether oxygens (including phenoxy) is 1. The number of halogens is 1. The molecule has 0 saturated heterocycles. The number of aromatic nitrogens is 2. The van der Waals surface area contributed by atoms with Crippen molar-refractivity contribution in [3.05, 3.63) is 47.1 Å². The number of nitriles is 1. The number of nitrogens with zero attached hydrogens (tertiary/aromatic N) is 3. The first-order valence-corrected chi connectivity index (χ1v) is 4.83. The van der Waals surface area contributed by atoms with Crippen molar-refractivity contribution in [3.8, 4) is 17.7 Å². The van der Waals surface area contributed by atoms with Gasteiger partial charge in [0.1, 0.15) is 11.8 Å². The summed E-state index contributed by atoms with van der Waals surface area (Å²) in [4.78, 5) is 0. The molecule has 0 atom stereocenters. The van der Waals surface area contributed by atoms with E-state index in [1.165, 1.54) is 0 Å². The lowest BCUT2D eigenvalue weighted by Crippen LogP contribution is -1.92. The van der Waals surface area contributed by atoms with Crippen LogP contribution in [0.3, 0.4) is 0 Å². The maximum atomic E-state index is 8.85. The van der Waals surface area contributed by atoms with Gasteiger partial charge in [0, 0.05) is 6.07 Å². The molecule has 0 amide bonds. The van der Waals surface area contributed by atoms with Gasteiger partial charge in [-0.15, -0.1) is 10.2 Å². The number of para-hydroxylation sites is 1. The fourth-order valence-electron chi connectivity index (χ4n) is 1.12. The second-order valence-corrected chi connectivity index (χ2v) is 3.29. The minimum atomic E-state index is 0.293. The highest BCUT2D eigenvalue weighted by Crippen LogP contribution is 2.22. The summed E-state index contributed by atoms with van der Waals surface area (Å²) < 4.78 is 5.40. The average Bonchev–Trinajstić information content (AvgIpc) is 2.33. The molecule has 0 saturated carbocycles. The molecule has 0 spiro atoms. The SMILES string of the molecule is N#Cc1ccccc1Oc1ccc(Cl)nn1. The van der Waals surface area contributed by atoms with Crippen LogP contribution in [0.5, 0.6) is 11.6 Å². The molecule has 0 fully saturated rings. The summed E-state index contributed by atoms with van der Waals surface area (Å²) in [5.74, 6) is 0.744. The van der Waals surface area contributed by atoms with E-state index in [0.29, 0.717) is 22.3 Å². The molecule has 0 bridgehead atoms. The largest absolute Gasteiger partial charge is 0.436 e. The molecule has 0 radical (unpaired) electrons. The summed E-state index contributed by atoms with van der Waals surface area (Å²) in [7, 11) is 0. The zero-order valence-corrected chi connectivity index (χ0v) is 8.85. The lowest BCUT2D eigenvalue weighted by molar-refractivity contribution is 0.454. The highest BCUT2D eigenvalue weighted by Gasteiger charge is 2.04. The summed E-state index contributed by atoms with van der Waals surface area (Å²) in [5.41, 5.74) is 0.444. The van der Waals surface area contributed by atoms with Crippen LogP contribution in [0.25, 0.3) is 0 Å². The summed E-state index contributed by atoms with van der Waals surface area (Å²) in [6.07, 6.45) is 0. The number of hydrogen-bond donors (Lipinski definition) is 0. The Hall–Kier alpha value is -2.12. The van der Waals surface area contributed by atoms with Crippen molar-refractivity contribution < 1.29 is 4.74 Å². The molecule has 5 heteroatoms. The highest BCUT2D eigenvalue weighted by molar-refractivity contribution is 6.29. The fourth-order valence-corrected chi connectivity index (χ4v) is 1.22. The third kappa shape index (κ3) is 2.27. The van der Waals surface area contributed by atoms with Gasteiger partial charge in [0.25, 0.3) is 0 Å². The number of benzene rings is 1. The second kappa shape index (κ2) is 4.60. The van der Waals surface area contributed by atoms with Gasteiger partial charge in [-0.2, -0.15) is 5.26 Å². The van der Waals surface area contributed by atoms with Crippen LogP contribution in [0.15, 0.2) is 36.4 Å². The topological polar surface area (TPSA) is 58.8 Å². The van der Waals surface area contributed by atoms with Gasteiger partial charge >= 0.3 is 0 Å². The van der Waals surface area contributed by atoms with Crippen LogP contribution >= 0.6 is 11.6 Å². The minimum absolute atomic E-state index is 0.293. The number of hydrogen-bond acceptors (Lipinski definition) is 4. The molecular weight excluding hydrogens is 226 g/mol. The van der Waals surface area contributed by atoms with E-state index < -0.39 is 0 Å². The van der Waals surface area contributed by atoms with Gasteiger partial charge in [0.15, 0.2) is 5.15 Å². The molecular formula is C11H6ClN3O. The standard InChI is InChI=1S/C11H6ClN3O/c12-10-5-6-11(15-14-10)16-9-4-2-1-3-8(9)7-13/h1-6H. The zero-order chi connectivity index (χ0) is 11.4. The maximum Gasteiger partial charge on any atom is 0.239 e. The van der Waals surface area contributed by atoms with Crippen molar-refractivity contribution in [3.63, 3.8) is 0 Å². The zero-order valence-electron chi connectivity index (χ0n) is 8.09. The third-order valence-electron chi connectivity index (χ3n) is 1.83. The fraction of sp³-hybridized carbons (Fsp3) is 0. The Morgan fingerprint density at radius 3 is 2.62 bits per heavy atom. The van der Waals surface area contributed by atoms with Crippen molar-refractivity contribution in [1.82, 2.24) is 10.2 Å². The van der Waals surface area contributed by atoms with E-state index in [9.17, 15) is 0 Å². The maximum absolute atomic E-state index is 8.85. The van der Waals surface area contributed by atoms with Crippen LogP contribution in [0.1, 0.15) is 5.56 Å². The monoisotopic (exact) mass is 231 g/mol. The molecule has 1 heterocycles. The van der Waals surface area contributed by atoms with Crippen LogP contribution in [-0.2, 0) is 0 Å². The lowest BCUT2D eigenvalue weighted by atomic mass is 10.2. The van der Waals surface area contributed by atoms with Gasteiger partial charge in [-0.1, -0.05) is 23.7 Å². The Labute approximate surface area is 97.1 Å². The summed E-state index contributed by atoms with van der Waals surface area (Å²) in [5, 5.41) is 16.5. The first-order chi connectivity index (χ1) is 7.79. The first-order valence-electron chi connectivity index (χ1n) is 4.46. The molecule has 16 heavy (non-hydrogen) atoms. The Morgan fingerprint density at radius 1 is 1.12 bits per heavy atom. The van der Waals surface area contributed by atoms with Crippen molar-refractivity contribution in [2.75, 3.05) is 0 Å². The van der Waals surface area contributed by atoms with E-state index in [1.54, 1.807) is 36.4 Å². The van der Waals surface area contributed by atoms with Gasteiger partial charge in [-0.25, -0.2) is 0 Å². The van der Waals surface area contributed by atoms with E-state index in [-0.39, 0.29) is 0 Å². The number of rotatable bonds is 2. The Kier molecular flexibility index (Phi) is 2.99. The Bertz CT molecular complexity index is 534. The molecule has 2 rings (SSSR count). The summed E-state index contributed by atoms with van der Waals surface area (Å²) >= 11 is 5.59. The molecule has 0 aliphatic carbocycles. The first kappa shape index (κ1) is 10.4. The molecule has 0 N–H and O–H groups in total. The van der Waals surface area contributed by atoms with E-state index in [4.69, 9.17) is 21.6 Å². The van der Waals surface area contributed by atoms with Crippen LogP contribution < -0.4 is 4.74 Å². The highest BCUT2D eigenvalue weighted by atomic mass is 35.5. The molecule has 0 aliphatic heterocycles. The van der Waals surface area contributed by atoms with Crippen molar-refractivity contribution >= 4 is 11.6 Å². The molecule has 78 valence electrons. The Balaban J connectivity index is 2.27. The Morgan fingerprint density at radius 2 is 1.94 bits per heavy atom. The van der Waals surface area contributed by atoms with Gasteiger partial charge in [0.2, 0.25) is 5.88 Å². The molecule has 0 unspecified atom stereocenters. The molecule has 1 aromatic heterocycles. The van der Waals surface area contributed by atoms with Gasteiger partial charge < -0.3 is 4.74 Å². The molecule has 2 aromatic rings. The quantitative estimate of drug-likeness (QED) is 0.797. The minimum Gasteiger partial charge on any atom is -0.436 e. The third-order valence-corrected chi connectivity index (χ3v) is 2.03. The van der Waals surface area contributed by atoms with Crippen molar-refractivity contribution in [1.29, 1.82) is 5.26 Å². The van der Waals surface area contributed by atoms with Gasteiger partial charge in [0.05, 0.1) is 5.56 Å². The molecule has 4 nitrogen and oxygen atoms in total. The van der Waals surface area contributed by atoms with E-state index in [1.807, 2.05) is 6.07 Å². The average molecular weight is 232 g/mol. The van der Waals surface area contributed by atoms with Crippen LogP contribution in [0.4, 0.5) is 0 Å². The van der Waals surface area contributed by atoms with E-state index in [0.717, 1.165) is 0 Å².